The van der Waals surface area contributed by atoms with E-state index in [0.717, 1.165) is 19.3 Å². The standard InChI is InChI=1S/C8H14O/c1-3-5-7-8(9)6-4-2/h2,8-9H,3,5-7H2,1H3/t8-/m0/s1. The monoisotopic (exact) mass is 126 g/mol. The van der Waals surface area contributed by atoms with Crippen LogP contribution in [0.5, 0.6) is 0 Å². The Kier molecular flexibility index (Phi) is 5.35. The summed E-state index contributed by atoms with van der Waals surface area (Å²) < 4.78 is 0. The summed E-state index contributed by atoms with van der Waals surface area (Å²) in [6.07, 6.45) is 8.27. The summed E-state index contributed by atoms with van der Waals surface area (Å²) in [7, 11) is 0. The molecule has 1 heteroatoms. The first kappa shape index (κ1) is 8.52. The molecule has 0 unspecified atom stereocenters. The molecule has 0 aliphatic heterocycles. The predicted octanol–water partition coefficient (Wildman–Crippen LogP) is 1.56. The number of hydrogen-bond acceptors (Lipinski definition) is 1. The van der Waals surface area contributed by atoms with Gasteiger partial charge in [-0.05, 0) is 6.42 Å². The van der Waals surface area contributed by atoms with E-state index >= 15 is 0 Å². The van der Waals surface area contributed by atoms with Gasteiger partial charge >= 0.3 is 0 Å². The summed E-state index contributed by atoms with van der Waals surface area (Å²) in [6.45, 7) is 2.10. The second-order valence-electron chi connectivity index (χ2n) is 2.20. The van der Waals surface area contributed by atoms with Gasteiger partial charge < -0.3 is 5.11 Å². The first-order valence-corrected chi connectivity index (χ1v) is 3.42. The number of terminal acetylenes is 1. The molecule has 0 spiro atoms. The highest BCUT2D eigenvalue weighted by Gasteiger charge is 1.98. The van der Waals surface area contributed by atoms with Crippen LogP contribution in [-0.2, 0) is 0 Å². The van der Waals surface area contributed by atoms with Crippen LogP contribution in [0.1, 0.15) is 32.6 Å². The van der Waals surface area contributed by atoms with Crippen molar-refractivity contribution in [3.05, 3.63) is 0 Å². The van der Waals surface area contributed by atoms with Gasteiger partial charge in [-0.25, -0.2) is 0 Å². The number of unbranched alkanes of at least 4 members (excludes halogenated alkanes) is 1. The molecule has 0 saturated carbocycles. The molecular weight excluding hydrogens is 112 g/mol. The second-order valence-corrected chi connectivity index (χ2v) is 2.20. The molecule has 0 aromatic heterocycles. The molecule has 52 valence electrons. The SMILES string of the molecule is C#CC[C@H](O)CCCC. The van der Waals surface area contributed by atoms with E-state index in [1.165, 1.54) is 0 Å². The van der Waals surface area contributed by atoms with Gasteiger partial charge in [-0.1, -0.05) is 19.8 Å². The van der Waals surface area contributed by atoms with Gasteiger partial charge in [0.15, 0.2) is 0 Å². The van der Waals surface area contributed by atoms with E-state index in [2.05, 4.69) is 12.8 Å². The van der Waals surface area contributed by atoms with Crippen LogP contribution in [0.3, 0.4) is 0 Å². The van der Waals surface area contributed by atoms with Gasteiger partial charge in [0, 0.05) is 6.42 Å². The number of aliphatic hydroxyl groups excluding tert-OH is 1. The Labute approximate surface area is 57.1 Å². The summed E-state index contributed by atoms with van der Waals surface area (Å²) in [5.41, 5.74) is 0. The van der Waals surface area contributed by atoms with Crippen LogP contribution >= 0.6 is 0 Å². The van der Waals surface area contributed by atoms with Gasteiger partial charge in [-0.3, -0.25) is 0 Å². The fourth-order valence-electron chi connectivity index (χ4n) is 0.678. The minimum Gasteiger partial charge on any atom is -0.392 e. The molecule has 0 amide bonds. The zero-order valence-corrected chi connectivity index (χ0v) is 5.93. The van der Waals surface area contributed by atoms with Gasteiger partial charge in [-0.2, -0.15) is 0 Å². The van der Waals surface area contributed by atoms with Crippen LogP contribution in [0.15, 0.2) is 0 Å². The highest BCUT2D eigenvalue weighted by atomic mass is 16.3. The van der Waals surface area contributed by atoms with Crippen LogP contribution in [0.2, 0.25) is 0 Å². The molecular formula is C8H14O. The average Bonchev–Trinajstić information content (AvgIpc) is 1.85. The molecule has 0 aliphatic carbocycles. The summed E-state index contributed by atoms with van der Waals surface area (Å²) in [5.74, 6) is 2.43. The van der Waals surface area contributed by atoms with Crippen molar-refractivity contribution in [2.75, 3.05) is 0 Å². The minimum absolute atomic E-state index is 0.269. The van der Waals surface area contributed by atoms with E-state index in [-0.39, 0.29) is 6.10 Å². The van der Waals surface area contributed by atoms with E-state index in [1.54, 1.807) is 0 Å². The second kappa shape index (κ2) is 5.65. The number of rotatable bonds is 4. The molecule has 0 aromatic carbocycles. The summed E-state index contributed by atoms with van der Waals surface area (Å²) in [6, 6.07) is 0. The van der Waals surface area contributed by atoms with Crippen molar-refractivity contribution in [2.24, 2.45) is 0 Å². The Balaban J connectivity index is 3.08. The lowest BCUT2D eigenvalue weighted by molar-refractivity contribution is 0.167. The fourth-order valence-corrected chi connectivity index (χ4v) is 0.678. The Bertz CT molecular complexity index is 91.2. The molecule has 0 aromatic rings. The van der Waals surface area contributed by atoms with Gasteiger partial charge in [-0.15, -0.1) is 12.3 Å². The van der Waals surface area contributed by atoms with Crippen molar-refractivity contribution in [1.29, 1.82) is 0 Å². The number of aliphatic hydroxyl groups is 1. The third kappa shape index (κ3) is 5.39. The lowest BCUT2D eigenvalue weighted by atomic mass is 10.1. The van der Waals surface area contributed by atoms with Crippen LogP contribution < -0.4 is 0 Å². The van der Waals surface area contributed by atoms with E-state index in [1.807, 2.05) is 0 Å². The van der Waals surface area contributed by atoms with Gasteiger partial charge in [0.1, 0.15) is 0 Å². The van der Waals surface area contributed by atoms with Crippen molar-refractivity contribution < 1.29 is 5.11 Å². The Morgan fingerprint density at radius 1 is 1.67 bits per heavy atom. The van der Waals surface area contributed by atoms with Crippen molar-refractivity contribution in [3.8, 4) is 12.3 Å². The lowest BCUT2D eigenvalue weighted by Crippen LogP contribution is -2.03. The van der Waals surface area contributed by atoms with Crippen molar-refractivity contribution in [2.45, 2.75) is 38.7 Å². The normalized spacial score (nSPS) is 12.6. The van der Waals surface area contributed by atoms with Crippen LogP contribution in [0, 0.1) is 12.3 Å². The smallest absolute Gasteiger partial charge is 0.0649 e. The van der Waals surface area contributed by atoms with Gasteiger partial charge in [0.25, 0.3) is 0 Å². The van der Waals surface area contributed by atoms with Crippen LogP contribution in [0.4, 0.5) is 0 Å². The highest BCUT2D eigenvalue weighted by molar-refractivity contribution is 4.86. The zero-order valence-electron chi connectivity index (χ0n) is 5.93. The molecule has 0 bridgehead atoms. The zero-order chi connectivity index (χ0) is 7.11. The highest BCUT2D eigenvalue weighted by Crippen LogP contribution is 2.02. The largest absolute Gasteiger partial charge is 0.392 e. The van der Waals surface area contributed by atoms with Crippen molar-refractivity contribution in [3.63, 3.8) is 0 Å². The summed E-state index contributed by atoms with van der Waals surface area (Å²) in [5, 5.41) is 9.04. The Morgan fingerprint density at radius 2 is 2.33 bits per heavy atom. The Hall–Kier alpha value is -0.480. The van der Waals surface area contributed by atoms with E-state index < -0.39 is 0 Å². The molecule has 0 fully saturated rings. The lowest BCUT2D eigenvalue weighted by Gasteiger charge is -2.03. The third-order valence-electron chi connectivity index (χ3n) is 1.24. The van der Waals surface area contributed by atoms with Crippen molar-refractivity contribution in [1.82, 2.24) is 0 Å². The maximum Gasteiger partial charge on any atom is 0.0649 e. The fraction of sp³-hybridized carbons (Fsp3) is 0.750. The molecule has 1 atom stereocenters. The first-order valence-electron chi connectivity index (χ1n) is 3.42. The molecule has 0 heterocycles. The van der Waals surface area contributed by atoms with E-state index in [4.69, 9.17) is 11.5 Å². The van der Waals surface area contributed by atoms with Gasteiger partial charge in [0.2, 0.25) is 0 Å². The molecule has 0 rings (SSSR count). The summed E-state index contributed by atoms with van der Waals surface area (Å²) in [4.78, 5) is 0. The number of hydrogen-bond donors (Lipinski definition) is 1. The molecule has 1 N–H and O–H groups in total. The Morgan fingerprint density at radius 3 is 2.78 bits per heavy atom. The average molecular weight is 126 g/mol. The maximum absolute atomic E-state index is 9.04. The topological polar surface area (TPSA) is 20.2 Å². The van der Waals surface area contributed by atoms with Crippen LogP contribution in [0.25, 0.3) is 0 Å². The van der Waals surface area contributed by atoms with E-state index in [9.17, 15) is 0 Å². The van der Waals surface area contributed by atoms with Gasteiger partial charge in [0.05, 0.1) is 6.10 Å². The quantitative estimate of drug-likeness (QED) is 0.567. The molecule has 0 radical (unpaired) electrons. The third-order valence-corrected chi connectivity index (χ3v) is 1.24. The van der Waals surface area contributed by atoms with E-state index in [0.29, 0.717) is 6.42 Å². The predicted molar refractivity (Wildman–Crippen MR) is 39.0 cm³/mol. The first-order chi connectivity index (χ1) is 4.31. The molecule has 0 saturated heterocycles. The maximum atomic E-state index is 9.04. The molecule has 9 heavy (non-hydrogen) atoms. The van der Waals surface area contributed by atoms with Crippen LogP contribution in [-0.4, -0.2) is 11.2 Å². The van der Waals surface area contributed by atoms with Crippen molar-refractivity contribution >= 4 is 0 Å². The molecule has 1 nitrogen and oxygen atoms in total. The minimum atomic E-state index is -0.269. The summed E-state index contributed by atoms with van der Waals surface area (Å²) >= 11 is 0. The molecule has 0 aliphatic rings.